The van der Waals surface area contributed by atoms with Gasteiger partial charge in [-0.15, -0.1) is 0 Å². The van der Waals surface area contributed by atoms with Crippen LogP contribution < -0.4 is 5.32 Å². The quantitative estimate of drug-likeness (QED) is 0.571. The average Bonchev–Trinajstić information content (AvgIpc) is 3.12. The summed E-state index contributed by atoms with van der Waals surface area (Å²) >= 11 is 0. The van der Waals surface area contributed by atoms with Crippen molar-refractivity contribution in [2.24, 2.45) is 0 Å². The Labute approximate surface area is 160 Å². The van der Waals surface area contributed by atoms with E-state index in [1.807, 2.05) is 30.3 Å². The zero-order chi connectivity index (χ0) is 19.7. The molecule has 0 bridgehead atoms. The van der Waals surface area contributed by atoms with E-state index >= 15 is 0 Å². The summed E-state index contributed by atoms with van der Waals surface area (Å²) in [7, 11) is -3.52. The van der Waals surface area contributed by atoms with Gasteiger partial charge in [0.25, 0.3) is 5.91 Å². The number of fused-ring (bicyclic) bond motifs is 1. The predicted octanol–water partition coefficient (Wildman–Crippen LogP) is 2.45. The number of aromatic nitrogens is 4. The number of benzene rings is 1. The Bertz CT molecular complexity index is 1280. The molecule has 1 N–H and O–H groups in total. The molecule has 28 heavy (non-hydrogen) atoms. The van der Waals surface area contributed by atoms with Crippen molar-refractivity contribution < 1.29 is 13.2 Å². The maximum atomic E-state index is 12.8. The third kappa shape index (κ3) is 3.35. The van der Waals surface area contributed by atoms with Gasteiger partial charge < -0.3 is 5.32 Å². The van der Waals surface area contributed by atoms with E-state index < -0.39 is 15.7 Å². The standard InChI is InChI=1S/C19H15N5O3S/c1-28(26,27)17-8-9-20-11-15(17)23-19(25)14-7-10-21-24-12-16(22-18(14)24)13-5-3-2-4-6-13/h2-12H,1H3,(H,23,25). The number of anilines is 1. The van der Waals surface area contributed by atoms with Gasteiger partial charge >= 0.3 is 0 Å². The fourth-order valence-electron chi connectivity index (χ4n) is 2.81. The van der Waals surface area contributed by atoms with Crippen LogP contribution in [0.4, 0.5) is 5.69 Å². The van der Waals surface area contributed by atoms with E-state index in [-0.39, 0.29) is 16.1 Å². The first-order valence-corrected chi connectivity index (χ1v) is 10.2. The number of rotatable bonds is 4. The Balaban J connectivity index is 1.74. The molecule has 0 radical (unpaired) electrons. The third-order valence-electron chi connectivity index (χ3n) is 4.10. The van der Waals surface area contributed by atoms with Crippen LogP contribution in [0.1, 0.15) is 10.4 Å². The maximum absolute atomic E-state index is 12.8. The molecule has 4 rings (SSSR count). The van der Waals surface area contributed by atoms with E-state index in [0.717, 1.165) is 11.8 Å². The number of pyridine rings is 1. The van der Waals surface area contributed by atoms with Crippen LogP contribution >= 0.6 is 0 Å². The van der Waals surface area contributed by atoms with Gasteiger partial charge in [-0.1, -0.05) is 30.3 Å². The van der Waals surface area contributed by atoms with Gasteiger partial charge in [0, 0.05) is 24.2 Å². The first-order valence-electron chi connectivity index (χ1n) is 8.29. The first kappa shape index (κ1) is 17.8. The average molecular weight is 393 g/mol. The molecule has 1 aromatic carbocycles. The fraction of sp³-hybridized carbons (Fsp3) is 0.0526. The number of sulfone groups is 1. The van der Waals surface area contributed by atoms with Crippen LogP contribution in [0, 0.1) is 0 Å². The van der Waals surface area contributed by atoms with Crippen molar-refractivity contribution in [1.82, 2.24) is 19.6 Å². The lowest BCUT2D eigenvalue weighted by Gasteiger charge is -2.09. The van der Waals surface area contributed by atoms with Crippen molar-refractivity contribution in [2.45, 2.75) is 4.90 Å². The zero-order valence-electron chi connectivity index (χ0n) is 14.8. The first-order chi connectivity index (χ1) is 13.4. The molecule has 0 saturated carbocycles. The molecule has 8 nitrogen and oxygen atoms in total. The molecular weight excluding hydrogens is 378 g/mol. The van der Waals surface area contributed by atoms with Crippen LogP contribution in [0.2, 0.25) is 0 Å². The van der Waals surface area contributed by atoms with Gasteiger partial charge in [-0.2, -0.15) is 5.10 Å². The van der Waals surface area contributed by atoms with Gasteiger partial charge in [0.2, 0.25) is 0 Å². The molecule has 1 amide bonds. The highest BCUT2D eigenvalue weighted by Gasteiger charge is 2.19. The molecule has 3 heterocycles. The lowest BCUT2D eigenvalue weighted by molar-refractivity contribution is 0.102. The van der Waals surface area contributed by atoms with Crippen molar-refractivity contribution in [3.63, 3.8) is 0 Å². The summed E-state index contributed by atoms with van der Waals surface area (Å²) in [6.45, 7) is 0. The second kappa shape index (κ2) is 6.86. The summed E-state index contributed by atoms with van der Waals surface area (Å²) in [6.07, 6.45) is 6.95. The molecule has 0 atom stereocenters. The summed E-state index contributed by atoms with van der Waals surface area (Å²) in [5.74, 6) is -0.504. The second-order valence-corrected chi connectivity index (χ2v) is 8.09. The van der Waals surface area contributed by atoms with E-state index in [1.54, 1.807) is 6.20 Å². The zero-order valence-corrected chi connectivity index (χ0v) is 15.6. The van der Waals surface area contributed by atoms with Gasteiger partial charge in [0.1, 0.15) is 0 Å². The van der Waals surface area contributed by atoms with E-state index in [0.29, 0.717) is 11.3 Å². The van der Waals surface area contributed by atoms with Gasteiger partial charge in [0.15, 0.2) is 15.5 Å². The number of carbonyl (C=O) groups is 1. The summed E-state index contributed by atoms with van der Waals surface area (Å²) < 4.78 is 25.4. The largest absolute Gasteiger partial charge is 0.319 e. The molecule has 4 aromatic rings. The number of hydrogen-bond donors (Lipinski definition) is 1. The van der Waals surface area contributed by atoms with Gasteiger partial charge in [-0.3, -0.25) is 9.78 Å². The number of hydrogen-bond acceptors (Lipinski definition) is 6. The van der Waals surface area contributed by atoms with Crippen LogP contribution in [-0.4, -0.2) is 40.2 Å². The van der Waals surface area contributed by atoms with Crippen LogP contribution in [0.25, 0.3) is 16.9 Å². The van der Waals surface area contributed by atoms with E-state index in [4.69, 9.17) is 0 Å². The molecule has 9 heteroatoms. The fourth-order valence-corrected chi connectivity index (χ4v) is 3.62. The Morgan fingerprint density at radius 1 is 1.07 bits per heavy atom. The highest BCUT2D eigenvalue weighted by Crippen LogP contribution is 2.23. The Morgan fingerprint density at radius 2 is 1.86 bits per heavy atom. The van der Waals surface area contributed by atoms with E-state index in [9.17, 15) is 13.2 Å². The second-order valence-electron chi connectivity index (χ2n) is 6.10. The lowest BCUT2D eigenvalue weighted by atomic mass is 10.2. The Kier molecular flexibility index (Phi) is 4.36. The molecular formula is C19H15N5O3S. The molecule has 0 fully saturated rings. The molecule has 0 saturated heterocycles. The van der Waals surface area contributed by atoms with Crippen LogP contribution in [0.5, 0.6) is 0 Å². The Hall–Kier alpha value is -3.59. The van der Waals surface area contributed by atoms with Crippen LogP contribution in [-0.2, 0) is 9.84 Å². The molecule has 0 spiro atoms. The van der Waals surface area contributed by atoms with Crippen molar-refractivity contribution >= 4 is 27.1 Å². The van der Waals surface area contributed by atoms with E-state index in [2.05, 4.69) is 20.4 Å². The van der Waals surface area contributed by atoms with Crippen LogP contribution in [0.3, 0.4) is 0 Å². The smallest absolute Gasteiger partial charge is 0.259 e. The summed E-state index contributed by atoms with van der Waals surface area (Å²) in [5, 5.41) is 6.81. The van der Waals surface area contributed by atoms with Crippen LogP contribution in [0.15, 0.2) is 72.1 Å². The maximum Gasteiger partial charge on any atom is 0.259 e. The molecule has 0 unspecified atom stereocenters. The lowest BCUT2D eigenvalue weighted by Crippen LogP contribution is -2.16. The number of carbonyl (C=O) groups excluding carboxylic acids is 1. The molecule has 0 aliphatic heterocycles. The number of imidazole rings is 1. The van der Waals surface area contributed by atoms with Crippen molar-refractivity contribution in [3.05, 3.63) is 72.8 Å². The van der Waals surface area contributed by atoms with Gasteiger partial charge in [-0.25, -0.2) is 17.9 Å². The summed E-state index contributed by atoms with van der Waals surface area (Å²) in [4.78, 5) is 21.3. The topological polar surface area (TPSA) is 106 Å². The highest BCUT2D eigenvalue weighted by molar-refractivity contribution is 7.90. The minimum atomic E-state index is -3.52. The third-order valence-corrected chi connectivity index (χ3v) is 5.26. The molecule has 3 aromatic heterocycles. The Morgan fingerprint density at radius 3 is 2.61 bits per heavy atom. The van der Waals surface area contributed by atoms with Gasteiger partial charge in [-0.05, 0) is 12.1 Å². The number of amides is 1. The molecule has 0 aliphatic carbocycles. The molecule has 140 valence electrons. The minimum Gasteiger partial charge on any atom is -0.319 e. The minimum absolute atomic E-state index is 0.00533. The normalized spacial score (nSPS) is 11.5. The van der Waals surface area contributed by atoms with Crippen molar-refractivity contribution in [3.8, 4) is 11.3 Å². The number of nitrogens with zero attached hydrogens (tertiary/aromatic N) is 4. The SMILES string of the molecule is CS(=O)(=O)c1ccncc1NC(=O)c1ccnn2cc(-c3ccccc3)nc12. The molecule has 0 aliphatic rings. The summed E-state index contributed by atoms with van der Waals surface area (Å²) in [6, 6.07) is 12.4. The van der Waals surface area contributed by atoms with Gasteiger partial charge in [0.05, 0.1) is 34.2 Å². The van der Waals surface area contributed by atoms with E-state index in [1.165, 1.54) is 35.2 Å². The monoisotopic (exact) mass is 393 g/mol. The predicted molar refractivity (Wildman–Crippen MR) is 104 cm³/mol. The van der Waals surface area contributed by atoms with Crippen molar-refractivity contribution in [1.29, 1.82) is 0 Å². The summed E-state index contributed by atoms with van der Waals surface area (Å²) in [5.41, 5.74) is 2.31. The van der Waals surface area contributed by atoms with Crippen molar-refractivity contribution in [2.75, 3.05) is 11.6 Å². The highest BCUT2D eigenvalue weighted by atomic mass is 32.2. The number of nitrogens with one attached hydrogen (secondary N) is 1.